The number of nitrogens with two attached hydrogens (primary N) is 1. The zero-order chi connectivity index (χ0) is 8.27. The smallest absolute Gasteiger partial charge is 0.0951 e. The highest BCUT2D eigenvalue weighted by atomic mass is 15.1. The number of rotatable bonds is 3. The standard InChI is InChI=1S/C8H15N3/c1-3-8-5-10-6-11(8)7(2)4-9/h5-7H,3-4,9H2,1-2H3. The molecule has 1 heterocycles. The molecule has 1 rings (SSSR count). The van der Waals surface area contributed by atoms with Crippen LogP contribution in [0, 0.1) is 0 Å². The van der Waals surface area contributed by atoms with Crippen molar-refractivity contribution in [1.29, 1.82) is 0 Å². The van der Waals surface area contributed by atoms with Crippen molar-refractivity contribution in [3.05, 3.63) is 18.2 Å². The summed E-state index contributed by atoms with van der Waals surface area (Å²) in [4.78, 5) is 4.07. The highest BCUT2D eigenvalue weighted by Gasteiger charge is 2.04. The number of hydrogen-bond acceptors (Lipinski definition) is 2. The summed E-state index contributed by atoms with van der Waals surface area (Å²) in [6.07, 6.45) is 4.76. The van der Waals surface area contributed by atoms with E-state index in [-0.39, 0.29) is 0 Å². The molecule has 2 N–H and O–H groups in total. The summed E-state index contributed by atoms with van der Waals surface area (Å²) in [5, 5.41) is 0. The molecule has 1 aromatic heterocycles. The molecule has 0 amide bonds. The molecule has 0 aliphatic carbocycles. The van der Waals surface area contributed by atoms with E-state index in [1.165, 1.54) is 5.69 Å². The molecule has 3 nitrogen and oxygen atoms in total. The van der Waals surface area contributed by atoms with Crippen LogP contribution in [-0.2, 0) is 6.42 Å². The van der Waals surface area contributed by atoms with E-state index >= 15 is 0 Å². The molecule has 0 fully saturated rings. The van der Waals surface area contributed by atoms with Crippen molar-refractivity contribution < 1.29 is 0 Å². The van der Waals surface area contributed by atoms with Crippen LogP contribution in [-0.4, -0.2) is 16.1 Å². The van der Waals surface area contributed by atoms with E-state index < -0.39 is 0 Å². The van der Waals surface area contributed by atoms with Gasteiger partial charge in [0.1, 0.15) is 0 Å². The quantitative estimate of drug-likeness (QED) is 0.703. The van der Waals surface area contributed by atoms with E-state index in [4.69, 9.17) is 5.73 Å². The Balaban J connectivity index is 2.83. The van der Waals surface area contributed by atoms with Gasteiger partial charge in [0.2, 0.25) is 0 Å². The van der Waals surface area contributed by atoms with Gasteiger partial charge in [-0.05, 0) is 13.3 Å². The van der Waals surface area contributed by atoms with Gasteiger partial charge in [-0.2, -0.15) is 0 Å². The first kappa shape index (κ1) is 8.27. The predicted molar refractivity (Wildman–Crippen MR) is 45.4 cm³/mol. The zero-order valence-electron chi connectivity index (χ0n) is 7.12. The Morgan fingerprint density at radius 2 is 2.45 bits per heavy atom. The third-order valence-corrected chi connectivity index (χ3v) is 1.92. The van der Waals surface area contributed by atoms with Gasteiger partial charge in [0.15, 0.2) is 0 Å². The van der Waals surface area contributed by atoms with Gasteiger partial charge in [-0.15, -0.1) is 0 Å². The van der Waals surface area contributed by atoms with Crippen LogP contribution in [0.25, 0.3) is 0 Å². The lowest BCUT2D eigenvalue weighted by atomic mass is 10.3. The molecule has 11 heavy (non-hydrogen) atoms. The van der Waals surface area contributed by atoms with Crippen molar-refractivity contribution >= 4 is 0 Å². The second-order valence-electron chi connectivity index (χ2n) is 2.73. The van der Waals surface area contributed by atoms with Gasteiger partial charge in [0.05, 0.1) is 6.33 Å². The lowest BCUT2D eigenvalue weighted by molar-refractivity contribution is 0.539. The SMILES string of the molecule is CCc1cncn1C(C)CN. The van der Waals surface area contributed by atoms with Crippen molar-refractivity contribution in [1.82, 2.24) is 9.55 Å². The maximum atomic E-state index is 5.54. The minimum atomic E-state index is 0.368. The fourth-order valence-electron chi connectivity index (χ4n) is 1.12. The van der Waals surface area contributed by atoms with Crippen LogP contribution in [0.1, 0.15) is 25.6 Å². The third kappa shape index (κ3) is 1.60. The first-order valence-corrected chi connectivity index (χ1v) is 4.00. The Morgan fingerprint density at radius 1 is 1.73 bits per heavy atom. The number of nitrogens with zero attached hydrogens (tertiary/aromatic N) is 2. The highest BCUT2D eigenvalue weighted by molar-refractivity contribution is 4.99. The number of aryl methyl sites for hydroxylation is 1. The summed E-state index contributed by atoms with van der Waals surface area (Å²) in [5.74, 6) is 0. The van der Waals surface area contributed by atoms with Crippen molar-refractivity contribution in [2.75, 3.05) is 6.54 Å². The van der Waals surface area contributed by atoms with Crippen LogP contribution in [0.3, 0.4) is 0 Å². The van der Waals surface area contributed by atoms with Gasteiger partial charge in [-0.3, -0.25) is 0 Å². The summed E-state index contributed by atoms with van der Waals surface area (Å²) in [7, 11) is 0. The Bertz CT molecular complexity index is 217. The molecule has 0 aliphatic rings. The van der Waals surface area contributed by atoms with E-state index in [0.717, 1.165) is 6.42 Å². The van der Waals surface area contributed by atoms with Crippen LogP contribution in [0.15, 0.2) is 12.5 Å². The molecule has 0 saturated carbocycles. The fourth-order valence-corrected chi connectivity index (χ4v) is 1.12. The van der Waals surface area contributed by atoms with E-state index in [1.54, 1.807) is 0 Å². The monoisotopic (exact) mass is 153 g/mol. The molecule has 1 unspecified atom stereocenters. The Hall–Kier alpha value is -0.830. The summed E-state index contributed by atoms with van der Waals surface area (Å²) >= 11 is 0. The maximum Gasteiger partial charge on any atom is 0.0951 e. The number of hydrogen-bond donors (Lipinski definition) is 1. The second-order valence-corrected chi connectivity index (χ2v) is 2.73. The normalized spacial score (nSPS) is 13.4. The lowest BCUT2D eigenvalue weighted by Crippen LogP contribution is -2.16. The summed E-state index contributed by atoms with van der Waals surface area (Å²) < 4.78 is 2.12. The van der Waals surface area contributed by atoms with E-state index in [1.807, 2.05) is 12.5 Å². The predicted octanol–water partition coefficient (Wildman–Crippen LogP) is 0.965. The average molecular weight is 153 g/mol. The Labute approximate surface area is 67.2 Å². The lowest BCUT2D eigenvalue weighted by Gasteiger charge is -2.12. The Kier molecular flexibility index (Phi) is 2.65. The number of aromatic nitrogens is 2. The van der Waals surface area contributed by atoms with Crippen molar-refractivity contribution in [2.45, 2.75) is 26.3 Å². The van der Waals surface area contributed by atoms with Crippen molar-refractivity contribution in [3.8, 4) is 0 Å². The topological polar surface area (TPSA) is 43.8 Å². The number of imidazole rings is 1. The second kappa shape index (κ2) is 3.53. The van der Waals surface area contributed by atoms with E-state index in [9.17, 15) is 0 Å². The zero-order valence-corrected chi connectivity index (χ0v) is 7.12. The van der Waals surface area contributed by atoms with Gasteiger partial charge in [-0.25, -0.2) is 4.98 Å². The molecule has 0 radical (unpaired) electrons. The van der Waals surface area contributed by atoms with E-state index in [0.29, 0.717) is 12.6 Å². The first-order chi connectivity index (χ1) is 5.29. The van der Waals surface area contributed by atoms with Crippen molar-refractivity contribution in [3.63, 3.8) is 0 Å². The van der Waals surface area contributed by atoms with E-state index in [2.05, 4.69) is 23.4 Å². The van der Waals surface area contributed by atoms with Crippen LogP contribution in [0.4, 0.5) is 0 Å². The molecule has 0 saturated heterocycles. The minimum absolute atomic E-state index is 0.368. The molecule has 3 heteroatoms. The van der Waals surface area contributed by atoms with Crippen LogP contribution in [0.5, 0.6) is 0 Å². The van der Waals surface area contributed by atoms with Crippen LogP contribution >= 0.6 is 0 Å². The van der Waals surface area contributed by atoms with Gasteiger partial charge >= 0.3 is 0 Å². The van der Waals surface area contributed by atoms with Gasteiger partial charge in [-0.1, -0.05) is 6.92 Å². The minimum Gasteiger partial charge on any atom is -0.331 e. The highest BCUT2D eigenvalue weighted by Crippen LogP contribution is 2.08. The first-order valence-electron chi connectivity index (χ1n) is 4.00. The molecule has 0 aliphatic heterocycles. The average Bonchev–Trinajstić information content (AvgIpc) is 2.50. The maximum absolute atomic E-state index is 5.54. The molecular weight excluding hydrogens is 138 g/mol. The van der Waals surface area contributed by atoms with Crippen LogP contribution in [0.2, 0.25) is 0 Å². The molecule has 0 spiro atoms. The Morgan fingerprint density at radius 3 is 3.00 bits per heavy atom. The molecule has 0 bridgehead atoms. The van der Waals surface area contributed by atoms with Gasteiger partial charge in [0.25, 0.3) is 0 Å². The molecule has 62 valence electrons. The van der Waals surface area contributed by atoms with Crippen LogP contribution < -0.4 is 5.73 Å². The van der Waals surface area contributed by atoms with Gasteiger partial charge in [0, 0.05) is 24.5 Å². The summed E-state index contributed by atoms with van der Waals surface area (Å²) in [5.41, 5.74) is 6.79. The van der Waals surface area contributed by atoms with Crippen molar-refractivity contribution in [2.24, 2.45) is 5.73 Å². The fraction of sp³-hybridized carbons (Fsp3) is 0.625. The summed E-state index contributed by atoms with van der Waals surface area (Å²) in [6.45, 7) is 4.89. The largest absolute Gasteiger partial charge is 0.331 e. The summed E-state index contributed by atoms with van der Waals surface area (Å²) in [6, 6.07) is 0.368. The molecular formula is C8H15N3. The molecule has 0 aromatic carbocycles. The molecule has 1 aromatic rings. The molecule has 1 atom stereocenters. The third-order valence-electron chi connectivity index (χ3n) is 1.92. The van der Waals surface area contributed by atoms with Gasteiger partial charge < -0.3 is 10.3 Å².